The van der Waals surface area contributed by atoms with Crippen molar-refractivity contribution in [3.63, 3.8) is 0 Å². The van der Waals surface area contributed by atoms with E-state index in [9.17, 15) is 0 Å². The largest absolute Gasteiger partial charge is 0.366 e. The zero-order chi connectivity index (χ0) is 6.95. The van der Waals surface area contributed by atoms with Crippen molar-refractivity contribution in [2.45, 2.75) is 0 Å². The van der Waals surface area contributed by atoms with Gasteiger partial charge in [-0.25, -0.2) is 0 Å². The highest BCUT2D eigenvalue weighted by molar-refractivity contribution is 8.36. The van der Waals surface area contributed by atoms with E-state index in [0.29, 0.717) is 0 Å². The molecule has 1 atom stereocenters. The lowest BCUT2D eigenvalue weighted by Crippen LogP contribution is -1.47. The molecule has 9 heavy (non-hydrogen) atoms. The van der Waals surface area contributed by atoms with E-state index >= 15 is 0 Å². The van der Waals surface area contributed by atoms with Gasteiger partial charge in [-0.05, 0) is 0 Å². The highest BCUT2D eigenvalue weighted by Gasteiger charge is 1.57. The number of benzene rings is 1. The molecule has 0 aliphatic carbocycles. The molecule has 0 spiro atoms. The first-order valence-electron chi connectivity index (χ1n) is 2.45. The van der Waals surface area contributed by atoms with E-state index in [1.165, 1.54) is 0 Å². The summed E-state index contributed by atoms with van der Waals surface area (Å²) in [5, 5.41) is 0. The Kier molecular flexibility index (Phi) is 7.92. The van der Waals surface area contributed by atoms with E-state index in [4.69, 9.17) is 4.89 Å². The topological polar surface area (TPSA) is 20.2 Å². The maximum Gasteiger partial charge on any atom is 0.0673 e. The van der Waals surface area contributed by atoms with Gasteiger partial charge in [0.2, 0.25) is 0 Å². The summed E-state index contributed by atoms with van der Waals surface area (Å²) < 4.78 is 0. The average Bonchev–Trinajstić information content (AvgIpc) is 1.93. The summed E-state index contributed by atoms with van der Waals surface area (Å²) in [4.78, 5) is 7.46. The Balaban J connectivity index is 0.000000187. The van der Waals surface area contributed by atoms with Crippen LogP contribution in [0.1, 0.15) is 0 Å². The summed E-state index contributed by atoms with van der Waals surface area (Å²) >= 11 is 3.37. The van der Waals surface area contributed by atoms with Crippen LogP contribution in [0.25, 0.3) is 0 Å². The van der Waals surface area contributed by atoms with Gasteiger partial charge in [0.05, 0.1) is 8.01 Å². The van der Waals surface area contributed by atoms with Gasteiger partial charge in [-0.1, -0.05) is 36.4 Å². The Morgan fingerprint density at radius 2 is 1.00 bits per heavy atom. The fraction of sp³-hybridized carbons (Fsp3) is 0. The second kappa shape index (κ2) is 7.96. The maximum atomic E-state index is 7.46. The molecule has 1 aromatic rings. The first kappa shape index (κ1) is 8.96. The van der Waals surface area contributed by atoms with Crippen LogP contribution in [0.4, 0.5) is 0 Å². The van der Waals surface area contributed by atoms with Crippen LogP contribution in [0.2, 0.25) is 0 Å². The molecular weight excluding hydrogens is 151 g/mol. The van der Waals surface area contributed by atoms with Crippen LogP contribution in [0.15, 0.2) is 36.4 Å². The molecular formula is C6H9OPS. The maximum absolute atomic E-state index is 7.46. The normalized spacial score (nSPS) is 8.67. The van der Waals surface area contributed by atoms with Gasteiger partial charge in [0.15, 0.2) is 0 Å². The Morgan fingerprint density at radius 3 is 1.11 bits per heavy atom. The monoisotopic (exact) mass is 160 g/mol. The van der Waals surface area contributed by atoms with E-state index < -0.39 is 0 Å². The number of hydrogen-bond acceptors (Lipinski definition) is 2. The second-order valence-corrected chi connectivity index (χ2v) is 2.05. The van der Waals surface area contributed by atoms with Gasteiger partial charge < -0.3 is 4.89 Å². The first-order chi connectivity index (χ1) is 4.41. The lowest BCUT2D eigenvalue weighted by Gasteiger charge is -1.69. The van der Waals surface area contributed by atoms with Crippen molar-refractivity contribution in [3.8, 4) is 0 Å². The minimum atomic E-state index is -0.222. The Labute approximate surface area is 62.1 Å². The molecule has 1 rings (SSSR count). The Morgan fingerprint density at radius 1 is 0.889 bits per heavy atom. The van der Waals surface area contributed by atoms with Gasteiger partial charge in [-0.3, -0.25) is 0 Å². The molecule has 3 heteroatoms. The van der Waals surface area contributed by atoms with Crippen molar-refractivity contribution in [1.82, 2.24) is 0 Å². The molecule has 0 heterocycles. The van der Waals surface area contributed by atoms with Crippen molar-refractivity contribution in [3.05, 3.63) is 36.4 Å². The summed E-state index contributed by atoms with van der Waals surface area (Å²) in [7, 11) is -0.222. The van der Waals surface area contributed by atoms with Crippen LogP contribution in [0, 0.1) is 0 Å². The third-order valence-electron chi connectivity index (χ3n) is 0.667. The number of rotatable bonds is 0. The lowest BCUT2D eigenvalue weighted by molar-refractivity contribution is 0.660. The van der Waals surface area contributed by atoms with Gasteiger partial charge in [0, 0.05) is 0 Å². The average molecular weight is 160 g/mol. The molecule has 1 nitrogen and oxygen atoms in total. The van der Waals surface area contributed by atoms with Crippen LogP contribution in [0.3, 0.4) is 0 Å². The summed E-state index contributed by atoms with van der Waals surface area (Å²) in [6.07, 6.45) is 0. The minimum absolute atomic E-state index is 0.222. The van der Waals surface area contributed by atoms with Gasteiger partial charge in [0.25, 0.3) is 0 Å². The molecule has 0 aromatic heterocycles. The summed E-state index contributed by atoms with van der Waals surface area (Å²) in [5.74, 6) is 0. The highest BCUT2D eigenvalue weighted by Crippen LogP contribution is 2.02. The minimum Gasteiger partial charge on any atom is -0.366 e. The summed E-state index contributed by atoms with van der Waals surface area (Å²) in [6, 6.07) is 12.0. The van der Waals surface area contributed by atoms with Crippen LogP contribution < -0.4 is 0 Å². The second-order valence-electron chi connectivity index (χ2n) is 1.25. The Bertz CT molecular complexity index is 95.9. The van der Waals surface area contributed by atoms with Crippen molar-refractivity contribution in [1.29, 1.82) is 0 Å². The summed E-state index contributed by atoms with van der Waals surface area (Å²) in [6.45, 7) is 0. The van der Waals surface area contributed by atoms with Gasteiger partial charge >= 0.3 is 0 Å². The first-order valence-corrected chi connectivity index (χ1v) is 4.68. The van der Waals surface area contributed by atoms with E-state index in [1.54, 1.807) is 0 Å². The predicted octanol–water partition coefficient (Wildman–Crippen LogP) is 2.10. The van der Waals surface area contributed by atoms with Crippen molar-refractivity contribution < 1.29 is 4.89 Å². The Hall–Kier alpha value is -0.0400. The zero-order valence-electron chi connectivity index (χ0n) is 4.86. The molecule has 0 saturated carbocycles. The molecule has 0 saturated heterocycles. The van der Waals surface area contributed by atoms with Crippen LogP contribution in [0.5, 0.6) is 0 Å². The SMILES string of the molecule is OPS.c1ccccc1. The quantitative estimate of drug-likeness (QED) is 0.440. The lowest BCUT2D eigenvalue weighted by atomic mass is 10.4. The molecule has 1 aromatic carbocycles. The van der Waals surface area contributed by atoms with Gasteiger partial charge in [-0.15, -0.1) is 12.2 Å². The molecule has 0 fully saturated rings. The van der Waals surface area contributed by atoms with Gasteiger partial charge in [0.1, 0.15) is 0 Å². The van der Waals surface area contributed by atoms with Crippen LogP contribution in [-0.4, -0.2) is 4.89 Å². The van der Waals surface area contributed by atoms with E-state index in [0.717, 1.165) is 0 Å². The summed E-state index contributed by atoms with van der Waals surface area (Å²) in [5.41, 5.74) is 0. The predicted molar refractivity (Wildman–Crippen MR) is 46.0 cm³/mol. The number of thiol groups is 1. The molecule has 0 bridgehead atoms. The highest BCUT2D eigenvalue weighted by atomic mass is 32.7. The van der Waals surface area contributed by atoms with Crippen molar-refractivity contribution in [2.24, 2.45) is 0 Å². The third kappa shape index (κ3) is 7.96. The molecule has 0 aliphatic rings. The number of hydrogen-bond donors (Lipinski definition) is 2. The van der Waals surface area contributed by atoms with E-state index in [1.807, 2.05) is 36.4 Å². The molecule has 50 valence electrons. The molecule has 1 N–H and O–H groups in total. The van der Waals surface area contributed by atoms with E-state index in [-0.39, 0.29) is 8.01 Å². The fourth-order valence-electron chi connectivity index (χ4n) is 0.385. The zero-order valence-corrected chi connectivity index (χ0v) is 6.75. The smallest absolute Gasteiger partial charge is 0.0673 e. The molecule has 1 unspecified atom stereocenters. The van der Waals surface area contributed by atoms with E-state index in [2.05, 4.69) is 12.2 Å². The van der Waals surface area contributed by atoms with Crippen LogP contribution >= 0.6 is 20.3 Å². The van der Waals surface area contributed by atoms with Crippen LogP contribution in [-0.2, 0) is 0 Å². The molecule has 0 radical (unpaired) electrons. The fourth-order valence-corrected chi connectivity index (χ4v) is 0.385. The molecule has 0 amide bonds. The third-order valence-corrected chi connectivity index (χ3v) is 0.667. The van der Waals surface area contributed by atoms with Gasteiger partial charge in [-0.2, -0.15) is 0 Å². The van der Waals surface area contributed by atoms with Crippen molar-refractivity contribution in [2.75, 3.05) is 0 Å². The molecule has 0 aliphatic heterocycles. The standard InChI is InChI=1S/C6H6.H3OPS/c1-2-4-6-5-3-1;1-2-3/h1-6H;1-3H. The van der Waals surface area contributed by atoms with Crippen molar-refractivity contribution >= 4 is 20.3 Å².